The molecule has 2 bridgehead atoms. The number of aromatic amines is 3. The smallest absolute Gasteiger partial charge is 0.305 e. The highest BCUT2D eigenvalue weighted by Gasteiger charge is 2.48. The number of thioether (sulfide) groups is 2. The van der Waals surface area contributed by atoms with Crippen LogP contribution in [-0.2, 0) is 68.8 Å². The Bertz CT molecular complexity index is 3870. The van der Waals surface area contributed by atoms with Crippen molar-refractivity contribution < 1.29 is 74.9 Å². The fourth-order valence-corrected chi connectivity index (χ4v) is 13.4. The highest BCUT2D eigenvalue weighted by molar-refractivity contribution is 8.03. The summed E-state index contributed by atoms with van der Waals surface area (Å²) in [6, 6.07) is 4.25. The topological polar surface area (TPSA) is 331 Å². The quantitative estimate of drug-likeness (QED) is 0.0744. The van der Waals surface area contributed by atoms with E-state index in [2.05, 4.69) is 57.2 Å². The number of carbonyl (C=O) groups is 9. The lowest BCUT2D eigenvalue weighted by Crippen LogP contribution is -2.62. The van der Waals surface area contributed by atoms with Crippen LogP contribution in [0.1, 0.15) is 74.8 Å². The number of nitrogens with zero attached hydrogens (tertiary/aromatic N) is 2. The number of methoxy groups -OCH3 is 1. The van der Waals surface area contributed by atoms with Crippen molar-refractivity contribution in [1.29, 1.82) is 0 Å². The summed E-state index contributed by atoms with van der Waals surface area (Å²) in [7, 11) is 1.45. The number of H-pyrrole nitrogens is 3. The Labute approximate surface area is 537 Å². The molecule has 0 radical (unpaired) electrons. The number of hydrogen-bond acceptors (Lipinski definition) is 13. The van der Waals surface area contributed by atoms with Gasteiger partial charge in [0.25, 0.3) is 0 Å². The van der Waals surface area contributed by atoms with Gasteiger partial charge in [0.2, 0.25) is 47.3 Å². The highest BCUT2D eigenvalue weighted by Crippen LogP contribution is 2.46. The number of allylic oxidation sites excluding steroid dienone is 1. The second-order valence-electron chi connectivity index (χ2n) is 23.0. The van der Waals surface area contributed by atoms with E-state index in [1.54, 1.807) is 24.3 Å². The van der Waals surface area contributed by atoms with E-state index >= 15 is 18.0 Å². The van der Waals surface area contributed by atoms with E-state index in [1.165, 1.54) is 81.1 Å². The molecule has 2 aliphatic heterocycles. The molecule has 1 saturated heterocycles. The number of carboxylic acid groups (broad SMARTS) is 1. The maximum atomic E-state index is 15.8. The number of aromatic nitrogens is 4. The molecule has 0 spiro atoms. The van der Waals surface area contributed by atoms with Crippen LogP contribution in [0.4, 0.5) is 22.0 Å². The zero-order chi connectivity index (χ0) is 66.7. The van der Waals surface area contributed by atoms with Crippen LogP contribution in [0, 0.1) is 11.6 Å². The van der Waals surface area contributed by atoms with Crippen molar-refractivity contribution in [3.63, 3.8) is 0 Å². The van der Waals surface area contributed by atoms with Crippen molar-refractivity contribution in [2.45, 2.75) is 125 Å². The number of carbonyl (C=O) groups excluding carboxylic acids is 8. The van der Waals surface area contributed by atoms with E-state index in [1.807, 2.05) is 0 Å². The summed E-state index contributed by atoms with van der Waals surface area (Å²) in [4.78, 5) is 142. The van der Waals surface area contributed by atoms with Crippen molar-refractivity contribution in [3.05, 3.63) is 142 Å². The Morgan fingerprint density at radius 3 is 1.85 bits per heavy atom. The first-order chi connectivity index (χ1) is 44.5. The zero-order valence-electron chi connectivity index (χ0n) is 50.7. The zero-order valence-corrected chi connectivity index (χ0v) is 52.3. The Hall–Kier alpha value is -9.19. The second-order valence-corrected chi connectivity index (χ2v) is 25.3. The normalized spacial score (nSPS) is 24.3. The molecule has 8 atom stereocenters. The minimum absolute atomic E-state index is 0.0372. The number of hydrogen-bond donors (Lipinski definition) is 11. The molecule has 8 amide bonds. The first-order valence-corrected chi connectivity index (χ1v) is 32.0. The maximum absolute atomic E-state index is 15.8. The molecule has 23 nitrogen and oxygen atoms in total. The van der Waals surface area contributed by atoms with Crippen LogP contribution in [0.2, 0.25) is 0 Å². The molecule has 5 heterocycles. The molecular formula is C63H69F5N12O11S2. The Morgan fingerprint density at radius 1 is 0.677 bits per heavy atom. The SMILES string of the molecule is COc1ccc(C[C@@H]2NC(=O)[C@H](Cc3cnc[nH]3)NC(=O)[C@H](CC(=O)O)NC(=O)[C@H](Cc3c[nH]c4ccc(F)cc34)NC(=O)[C@H](Cc3c[nH]c4ccc(F)cc34)NC(=O)[C@@H](C)NC(=O)CCCCSC3C(F)=C(F)C(=C3F)SCCNC(=O)[C@]3(C)CCCN3C2=O)cc1. The van der Waals surface area contributed by atoms with Crippen LogP contribution < -0.4 is 42.0 Å². The molecule has 9 rings (SSSR count). The molecule has 1 aliphatic carbocycles. The summed E-state index contributed by atoms with van der Waals surface area (Å²) in [5.41, 5.74) is 0.667. The summed E-state index contributed by atoms with van der Waals surface area (Å²) in [6.07, 6.45) is 3.73. The minimum atomic E-state index is -2.02. The molecule has 1 fully saturated rings. The molecule has 0 saturated carbocycles. The first-order valence-electron chi connectivity index (χ1n) is 29.9. The summed E-state index contributed by atoms with van der Waals surface area (Å²) in [5, 5.41) is 27.4. The number of halogens is 5. The number of fused-ring (bicyclic) bond motifs is 4. The van der Waals surface area contributed by atoms with Crippen molar-refractivity contribution in [2.75, 3.05) is 31.7 Å². The molecule has 6 aromatic rings. The van der Waals surface area contributed by atoms with Gasteiger partial charge in [-0.1, -0.05) is 12.1 Å². The van der Waals surface area contributed by atoms with Crippen LogP contribution in [0.25, 0.3) is 21.8 Å². The second kappa shape index (κ2) is 30.5. The summed E-state index contributed by atoms with van der Waals surface area (Å²) >= 11 is 1.42. The number of nitrogens with one attached hydrogen (secondary N) is 10. The predicted molar refractivity (Wildman–Crippen MR) is 335 cm³/mol. The van der Waals surface area contributed by atoms with Crippen LogP contribution in [0.15, 0.2) is 108 Å². The van der Waals surface area contributed by atoms with Gasteiger partial charge in [0.05, 0.1) is 24.8 Å². The molecular weight excluding hydrogens is 1260 g/mol. The van der Waals surface area contributed by atoms with Gasteiger partial charge in [-0.05, 0) is 111 Å². The molecule has 3 aromatic carbocycles. The summed E-state index contributed by atoms with van der Waals surface area (Å²) in [6.45, 7) is 2.71. The van der Waals surface area contributed by atoms with Crippen LogP contribution in [0.3, 0.4) is 0 Å². The van der Waals surface area contributed by atoms with Gasteiger partial charge in [0.1, 0.15) is 70.3 Å². The lowest BCUT2D eigenvalue weighted by Gasteiger charge is -2.36. The lowest BCUT2D eigenvalue weighted by molar-refractivity contribution is -0.146. The first kappa shape index (κ1) is 68.2. The van der Waals surface area contributed by atoms with E-state index in [4.69, 9.17) is 4.74 Å². The third kappa shape index (κ3) is 16.7. The van der Waals surface area contributed by atoms with Crippen molar-refractivity contribution in [3.8, 4) is 5.75 Å². The van der Waals surface area contributed by atoms with Crippen LogP contribution in [-0.4, -0.2) is 162 Å². The van der Waals surface area contributed by atoms with Gasteiger partial charge < -0.3 is 66.9 Å². The van der Waals surface area contributed by atoms with E-state index in [0.29, 0.717) is 51.5 Å². The number of ether oxygens (including phenoxy) is 1. The van der Waals surface area contributed by atoms with Crippen molar-refractivity contribution >= 4 is 98.6 Å². The van der Waals surface area contributed by atoms with E-state index < -0.39 is 147 Å². The lowest BCUT2D eigenvalue weighted by atomic mass is 9.95. The summed E-state index contributed by atoms with van der Waals surface area (Å²) < 4.78 is 81.4. The van der Waals surface area contributed by atoms with Gasteiger partial charge in [-0.15, -0.1) is 23.5 Å². The molecule has 3 aromatic heterocycles. The van der Waals surface area contributed by atoms with E-state index in [9.17, 15) is 52.2 Å². The predicted octanol–water partition coefficient (Wildman–Crippen LogP) is 5.19. The van der Waals surface area contributed by atoms with Crippen molar-refractivity contribution in [1.82, 2.24) is 62.1 Å². The number of benzene rings is 3. The number of imidazole rings is 1. The molecule has 30 heteroatoms. The number of rotatable bonds is 11. The average Bonchev–Trinajstić information content (AvgIpc) is 1.79. The fraction of sp³-hybridized carbons (Fsp3) is 0.397. The van der Waals surface area contributed by atoms with Gasteiger partial charge in [0.15, 0.2) is 11.7 Å². The molecule has 3 aliphatic rings. The van der Waals surface area contributed by atoms with Gasteiger partial charge >= 0.3 is 5.97 Å². The van der Waals surface area contributed by atoms with Crippen molar-refractivity contribution in [2.24, 2.45) is 0 Å². The van der Waals surface area contributed by atoms with Gasteiger partial charge in [-0.3, -0.25) is 43.2 Å². The Kier molecular flexibility index (Phi) is 22.4. The molecule has 93 heavy (non-hydrogen) atoms. The largest absolute Gasteiger partial charge is 0.497 e. The van der Waals surface area contributed by atoms with Gasteiger partial charge in [-0.2, -0.15) is 0 Å². The molecule has 1 unspecified atom stereocenters. The third-order valence-electron chi connectivity index (χ3n) is 16.4. The maximum Gasteiger partial charge on any atom is 0.305 e. The van der Waals surface area contributed by atoms with Gasteiger partial charge in [0, 0.05) is 97.0 Å². The van der Waals surface area contributed by atoms with Crippen LogP contribution >= 0.6 is 23.5 Å². The number of amides is 8. The fourth-order valence-electron chi connectivity index (χ4n) is 11.3. The Balaban J connectivity index is 1.06. The standard InChI is InChI=1S/C63H69F5N12O11S2/c1-32-56(84)75-44(22-34-28-71-42-14-10-36(64)24-40(34)42)57(85)76-45(23-35-29-72-43-15-11-37(65)25-41(35)43)58(86)78-47(27-50(82)83)60(88)77-46(26-38-30-69-31-73-38)59(87)79-48(21-33-8-12-39(91-3)13-9-33)61(89)80-18-6-16-63(80,2)62(90)70-17-20-93-55-52(67)51(66)54(53(55)68)92-19-5-4-7-49(81)74-32/h8-15,24-25,28-32,44-48,54,71-72H,4-7,16-23,26-27H2,1-3H3,(H,69,73)(H,70,90)(H,74,81)(H,75,84)(H,76,85)(H,77,88)(H,78,86)(H,79,87)(H,82,83)/t32-,44+,45+,46+,47+,48+,54?,63+/m1/s1. The molecule has 494 valence electrons. The van der Waals surface area contributed by atoms with Crippen LogP contribution in [0.5, 0.6) is 5.75 Å². The number of aliphatic carboxylic acids is 1. The molecule has 11 N–H and O–H groups in total. The average molecular weight is 1330 g/mol. The van der Waals surface area contributed by atoms with E-state index in [-0.39, 0.29) is 86.2 Å². The number of carboxylic acids is 1. The third-order valence-corrected chi connectivity index (χ3v) is 18.7. The monoisotopic (exact) mass is 1330 g/mol. The summed E-state index contributed by atoms with van der Waals surface area (Å²) in [5.74, 6) is -13.6. The van der Waals surface area contributed by atoms with E-state index in [0.717, 1.165) is 17.8 Å². The highest BCUT2D eigenvalue weighted by atomic mass is 32.2. The Morgan fingerprint density at radius 2 is 1.26 bits per heavy atom. The van der Waals surface area contributed by atoms with Gasteiger partial charge in [-0.25, -0.2) is 26.9 Å². The minimum Gasteiger partial charge on any atom is -0.497 e.